The van der Waals surface area contributed by atoms with Gasteiger partial charge in [-0.1, -0.05) is 11.3 Å². The van der Waals surface area contributed by atoms with Gasteiger partial charge in [-0.15, -0.1) is 13.2 Å². The fraction of sp³-hybridized carbons (Fsp3) is 0.400. The predicted molar refractivity (Wildman–Crippen MR) is 90.8 cm³/mol. The van der Waals surface area contributed by atoms with Gasteiger partial charge in [0, 0.05) is 19.0 Å². The van der Waals surface area contributed by atoms with E-state index in [4.69, 9.17) is 5.73 Å². The predicted octanol–water partition coefficient (Wildman–Crippen LogP) is 2.38. The molecule has 7 nitrogen and oxygen atoms in total. The molecular weight excluding hydrogens is 373 g/mol. The molecule has 0 saturated carbocycles. The Morgan fingerprint density at radius 2 is 2.12 bits per heavy atom. The number of amides is 2. The number of alkyl halides is 3. The van der Waals surface area contributed by atoms with Crippen LogP contribution in [0.1, 0.15) is 19.8 Å². The summed E-state index contributed by atoms with van der Waals surface area (Å²) in [6.45, 7) is 1.87. The highest BCUT2D eigenvalue weighted by Crippen LogP contribution is 2.31. The van der Waals surface area contributed by atoms with Gasteiger partial charge < -0.3 is 21.1 Å². The number of nitrogens with two attached hydrogens (primary N) is 1. The highest BCUT2D eigenvalue weighted by atomic mass is 32.1. The van der Waals surface area contributed by atoms with Crippen molar-refractivity contribution in [2.24, 2.45) is 5.73 Å². The van der Waals surface area contributed by atoms with Gasteiger partial charge in [-0.2, -0.15) is 0 Å². The molecule has 0 aliphatic carbocycles. The largest absolute Gasteiger partial charge is 0.573 e. The Bertz CT molecular complexity index is 792. The van der Waals surface area contributed by atoms with Crippen molar-refractivity contribution in [2.75, 3.05) is 11.9 Å². The molecule has 0 fully saturated rings. The molecule has 0 bridgehead atoms. The zero-order chi connectivity index (χ0) is 19.3. The molecule has 1 heterocycles. The molecule has 1 atom stereocenters. The van der Waals surface area contributed by atoms with Crippen LogP contribution in [0.4, 0.5) is 18.3 Å². The maximum Gasteiger partial charge on any atom is 0.573 e. The van der Waals surface area contributed by atoms with Crippen molar-refractivity contribution >= 4 is 38.5 Å². The van der Waals surface area contributed by atoms with E-state index < -0.39 is 12.4 Å². The number of anilines is 1. The number of hydrogen-bond donors (Lipinski definition) is 3. The molecule has 26 heavy (non-hydrogen) atoms. The number of fused-ring (bicyclic) bond motifs is 1. The van der Waals surface area contributed by atoms with Crippen LogP contribution in [-0.4, -0.2) is 35.7 Å². The Morgan fingerprint density at radius 3 is 2.77 bits per heavy atom. The summed E-state index contributed by atoms with van der Waals surface area (Å²) in [6, 6.07) is 3.13. The number of hydrogen-bond acceptors (Lipinski definition) is 6. The topological polar surface area (TPSA) is 106 Å². The number of carbonyl (C=O) groups excluding carboxylic acids is 2. The van der Waals surface area contributed by atoms with Gasteiger partial charge >= 0.3 is 6.36 Å². The van der Waals surface area contributed by atoms with Crippen molar-refractivity contribution in [3.05, 3.63) is 18.2 Å². The highest BCUT2D eigenvalue weighted by molar-refractivity contribution is 7.22. The second-order valence-electron chi connectivity index (χ2n) is 5.43. The number of nitrogens with one attached hydrogen (secondary N) is 2. The molecule has 0 spiro atoms. The summed E-state index contributed by atoms with van der Waals surface area (Å²) in [5.74, 6) is -0.962. The van der Waals surface area contributed by atoms with E-state index in [2.05, 4.69) is 20.4 Å². The fourth-order valence-electron chi connectivity index (χ4n) is 1.96. The number of halogens is 3. The molecule has 0 aliphatic heterocycles. The SMILES string of the molecule is CC(N)C(=O)NCCCC(=O)Nc1nc2ccc(OC(F)(F)F)cc2s1. The Labute approximate surface area is 150 Å². The number of carbonyl (C=O) groups is 2. The molecule has 2 aromatic rings. The smallest absolute Gasteiger partial charge is 0.406 e. The van der Waals surface area contributed by atoms with E-state index in [-0.39, 0.29) is 29.1 Å². The van der Waals surface area contributed by atoms with Crippen LogP contribution in [0.2, 0.25) is 0 Å². The van der Waals surface area contributed by atoms with Gasteiger partial charge in [0.1, 0.15) is 5.75 Å². The minimum absolute atomic E-state index is 0.150. The van der Waals surface area contributed by atoms with E-state index in [1.165, 1.54) is 12.1 Å². The summed E-state index contributed by atoms with van der Waals surface area (Å²) in [5, 5.41) is 5.43. The van der Waals surface area contributed by atoms with Gasteiger partial charge in [-0.3, -0.25) is 9.59 Å². The number of rotatable bonds is 7. The van der Waals surface area contributed by atoms with E-state index in [0.29, 0.717) is 23.2 Å². The zero-order valence-corrected chi connectivity index (χ0v) is 14.5. The Morgan fingerprint density at radius 1 is 1.38 bits per heavy atom. The third kappa shape index (κ3) is 6.15. The lowest BCUT2D eigenvalue weighted by Crippen LogP contribution is -2.38. The van der Waals surface area contributed by atoms with Crippen LogP contribution in [0.5, 0.6) is 5.75 Å². The molecule has 2 rings (SSSR count). The summed E-state index contributed by atoms with van der Waals surface area (Å²) < 4.78 is 41.0. The molecule has 0 aliphatic rings. The van der Waals surface area contributed by atoms with Gasteiger partial charge in [0.05, 0.1) is 16.3 Å². The maximum atomic E-state index is 12.2. The van der Waals surface area contributed by atoms with Crippen LogP contribution >= 0.6 is 11.3 Å². The van der Waals surface area contributed by atoms with E-state index in [0.717, 1.165) is 17.4 Å². The van der Waals surface area contributed by atoms with Crippen LogP contribution in [0.25, 0.3) is 10.2 Å². The maximum absolute atomic E-state index is 12.2. The molecule has 1 aromatic heterocycles. The van der Waals surface area contributed by atoms with Crippen molar-refractivity contribution in [1.82, 2.24) is 10.3 Å². The van der Waals surface area contributed by atoms with Crippen LogP contribution in [0.15, 0.2) is 18.2 Å². The number of nitrogens with zero attached hydrogens (tertiary/aromatic N) is 1. The highest BCUT2D eigenvalue weighted by Gasteiger charge is 2.31. The van der Waals surface area contributed by atoms with Crippen molar-refractivity contribution in [1.29, 1.82) is 0 Å². The zero-order valence-electron chi connectivity index (χ0n) is 13.7. The average Bonchev–Trinajstić information content (AvgIpc) is 2.90. The molecule has 2 amide bonds. The molecule has 11 heteroatoms. The summed E-state index contributed by atoms with van der Waals surface area (Å²) in [6.07, 6.45) is -4.21. The molecule has 4 N–H and O–H groups in total. The second-order valence-corrected chi connectivity index (χ2v) is 6.46. The first-order chi connectivity index (χ1) is 12.1. The van der Waals surface area contributed by atoms with Gasteiger partial charge in [0.15, 0.2) is 5.13 Å². The normalized spacial score (nSPS) is 12.7. The summed E-state index contributed by atoms with van der Waals surface area (Å²) in [5.41, 5.74) is 5.84. The summed E-state index contributed by atoms with van der Waals surface area (Å²) in [4.78, 5) is 27.3. The van der Waals surface area contributed by atoms with Gasteiger partial charge in [0.25, 0.3) is 0 Å². The molecular formula is C15H17F3N4O3S. The number of thiazole rings is 1. The molecule has 142 valence electrons. The lowest BCUT2D eigenvalue weighted by atomic mass is 10.3. The minimum atomic E-state index is -4.77. The van der Waals surface area contributed by atoms with Crippen LogP contribution in [0.3, 0.4) is 0 Å². The van der Waals surface area contributed by atoms with Crippen molar-refractivity contribution < 1.29 is 27.5 Å². The monoisotopic (exact) mass is 390 g/mol. The number of benzene rings is 1. The first-order valence-electron chi connectivity index (χ1n) is 7.63. The van der Waals surface area contributed by atoms with Crippen LogP contribution < -0.4 is 21.1 Å². The summed E-state index contributed by atoms with van der Waals surface area (Å²) in [7, 11) is 0. The second kappa shape index (κ2) is 8.32. The van der Waals surface area contributed by atoms with E-state index >= 15 is 0 Å². The Hall–Kier alpha value is -2.40. The van der Waals surface area contributed by atoms with Gasteiger partial charge in [0.2, 0.25) is 11.8 Å². The van der Waals surface area contributed by atoms with E-state index in [9.17, 15) is 22.8 Å². The summed E-state index contributed by atoms with van der Waals surface area (Å²) >= 11 is 1.04. The van der Waals surface area contributed by atoms with E-state index in [1.54, 1.807) is 6.92 Å². The lowest BCUT2D eigenvalue weighted by Gasteiger charge is -2.07. The Kier molecular flexibility index (Phi) is 6.37. The molecule has 0 radical (unpaired) electrons. The first-order valence-corrected chi connectivity index (χ1v) is 8.45. The van der Waals surface area contributed by atoms with Crippen molar-refractivity contribution in [3.8, 4) is 5.75 Å². The molecule has 0 saturated heterocycles. The molecule has 1 unspecified atom stereocenters. The standard InChI is InChI=1S/C15H17F3N4O3S/c1-8(19)13(24)20-6-2-3-12(23)22-14-21-10-5-4-9(7-11(10)26-14)25-15(16,17)18/h4-5,7-8H,2-3,6,19H2,1H3,(H,20,24)(H,21,22,23). The van der Waals surface area contributed by atoms with Crippen LogP contribution in [-0.2, 0) is 9.59 Å². The van der Waals surface area contributed by atoms with Crippen molar-refractivity contribution in [2.45, 2.75) is 32.2 Å². The third-order valence-electron chi connectivity index (χ3n) is 3.13. The van der Waals surface area contributed by atoms with Gasteiger partial charge in [-0.05, 0) is 25.5 Å². The van der Waals surface area contributed by atoms with Gasteiger partial charge in [-0.25, -0.2) is 4.98 Å². The number of ether oxygens (including phenoxy) is 1. The number of aromatic nitrogens is 1. The van der Waals surface area contributed by atoms with Crippen molar-refractivity contribution in [3.63, 3.8) is 0 Å². The molecule has 1 aromatic carbocycles. The fourth-order valence-corrected chi connectivity index (χ4v) is 2.87. The van der Waals surface area contributed by atoms with E-state index in [1.807, 2.05) is 0 Å². The quantitative estimate of drug-likeness (QED) is 0.630. The minimum Gasteiger partial charge on any atom is -0.406 e. The van der Waals surface area contributed by atoms with Crippen LogP contribution in [0, 0.1) is 0 Å². The first kappa shape index (κ1) is 19.9. The lowest BCUT2D eigenvalue weighted by molar-refractivity contribution is -0.274. The Balaban J connectivity index is 1.88. The third-order valence-corrected chi connectivity index (χ3v) is 4.07. The average molecular weight is 390 g/mol.